The minimum Gasteiger partial charge on any atom is -0.493 e. The minimum absolute atomic E-state index is 0.598. The van der Waals surface area contributed by atoms with Crippen LogP contribution in [0.2, 0.25) is 0 Å². The van der Waals surface area contributed by atoms with Crippen LogP contribution in [0.3, 0.4) is 0 Å². The molecule has 1 unspecified atom stereocenters. The van der Waals surface area contributed by atoms with E-state index < -0.39 is 0 Å². The highest BCUT2D eigenvalue weighted by Gasteiger charge is 2.34. The second kappa shape index (κ2) is 5.35. The number of benzene rings is 1. The molecular formula is C17H22N2O2. The number of methoxy groups -OCH3 is 1. The van der Waals surface area contributed by atoms with Crippen LogP contribution in [0.25, 0.3) is 11.0 Å². The summed E-state index contributed by atoms with van der Waals surface area (Å²) in [7, 11) is 1.68. The van der Waals surface area contributed by atoms with E-state index in [0.29, 0.717) is 6.04 Å². The molecule has 1 saturated heterocycles. The molecule has 0 radical (unpaired) electrons. The van der Waals surface area contributed by atoms with Gasteiger partial charge in [-0.3, -0.25) is 4.90 Å². The van der Waals surface area contributed by atoms with E-state index in [0.717, 1.165) is 35.1 Å². The zero-order valence-electron chi connectivity index (χ0n) is 12.5. The summed E-state index contributed by atoms with van der Waals surface area (Å²) in [5, 5.41) is 4.74. The van der Waals surface area contributed by atoms with Crippen molar-refractivity contribution in [3.05, 3.63) is 30.0 Å². The molecule has 21 heavy (non-hydrogen) atoms. The van der Waals surface area contributed by atoms with Gasteiger partial charge in [0.25, 0.3) is 0 Å². The van der Waals surface area contributed by atoms with Gasteiger partial charge < -0.3 is 14.5 Å². The van der Waals surface area contributed by atoms with E-state index in [2.05, 4.69) is 22.3 Å². The van der Waals surface area contributed by atoms with E-state index in [1.165, 1.54) is 32.4 Å². The standard InChI is InChI=1S/C17H22N2O2/c1-20-16-4-2-3-12-9-15(21-17(12)16)10-18-13-7-8-19(11-13)14-5-6-14/h2-4,9,13-14,18H,5-8,10-11H2,1H3. The lowest BCUT2D eigenvalue weighted by atomic mass is 10.2. The van der Waals surface area contributed by atoms with Crippen molar-refractivity contribution >= 4 is 11.0 Å². The van der Waals surface area contributed by atoms with Crippen LogP contribution in [0.1, 0.15) is 25.0 Å². The van der Waals surface area contributed by atoms with Crippen LogP contribution in [0.5, 0.6) is 5.75 Å². The predicted molar refractivity (Wildman–Crippen MR) is 82.6 cm³/mol. The first-order valence-corrected chi connectivity index (χ1v) is 7.86. The van der Waals surface area contributed by atoms with Gasteiger partial charge in [0.1, 0.15) is 5.76 Å². The molecule has 2 fully saturated rings. The fourth-order valence-corrected chi connectivity index (χ4v) is 3.31. The normalized spacial score (nSPS) is 23.0. The number of nitrogens with one attached hydrogen (secondary N) is 1. The van der Waals surface area contributed by atoms with Gasteiger partial charge in [-0.15, -0.1) is 0 Å². The van der Waals surface area contributed by atoms with Crippen molar-refractivity contribution in [3.8, 4) is 5.75 Å². The monoisotopic (exact) mass is 286 g/mol. The maximum Gasteiger partial charge on any atom is 0.176 e. The third kappa shape index (κ3) is 2.65. The summed E-state index contributed by atoms with van der Waals surface area (Å²) in [4.78, 5) is 2.62. The Morgan fingerprint density at radius 1 is 1.33 bits per heavy atom. The molecule has 1 aliphatic heterocycles. The Morgan fingerprint density at radius 3 is 3.05 bits per heavy atom. The Hall–Kier alpha value is -1.52. The molecule has 1 atom stereocenters. The van der Waals surface area contributed by atoms with E-state index in [1.54, 1.807) is 7.11 Å². The second-order valence-corrected chi connectivity index (χ2v) is 6.18. The quantitative estimate of drug-likeness (QED) is 0.917. The lowest BCUT2D eigenvalue weighted by molar-refractivity contribution is 0.316. The third-order valence-electron chi connectivity index (χ3n) is 4.63. The van der Waals surface area contributed by atoms with Crippen molar-refractivity contribution in [2.45, 2.75) is 37.9 Å². The summed E-state index contributed by atoms with van der Waals surface area (Å²) >= 11 is 0. The molecule has 4 nitrogen and oxygen atoms in total. The Balaban J connectivity index is 1.40. The largest absolute Gasteiger partial charge is 0.493 e. The van der Waals surface area contributed by atoms with Gasteiger partial charge in [-0.25, -0.2) is 0 Å². The van der Waals surface area contributed by atoms with Gasteiger partial charge in [0.15, 0.2) is 11.3 Å². The van der Waals surface area contributed by atoms with Gasteiger partial charge in [0.2, 0.25) is 0 Å². The van der Waals surface area contributed by atoms with Gasteiger partial charge >= 0.3 is 0 Å². The summed E-state index contributed by atoms with van der Waals surface area (Å²) in [6.07, 6.45) is 4.05. The number of ether oxygens (including phenoxy) is 1. The average Bonchev–Trinajstić information content (AvgIpc) is 3.10. The molecule has 4 rings (SSSR count). The summed E-state index contributed by atoms with van der Waals surface area (Å²) in [6.45, 7) is 3.23. The van der Waals surface area contributed by atoms with Crippen molar-refractivity contribution in [3.63, 3.8) is 0 Å². The minimum atomic E-state index is 0.598. The Labute approximate surface area is 125 Å². The van der Waals surface area contributed by atoms with Crippen LogP contribution in [-0.2, 0) is 6.54 Å². The molecule has 2 aliphatic rings. The van der Waals surface area contributed by atoms with Gasteiger partial charge in [-0.1, -0.05) is 12.1 Å². The summed E-state index contributed by atoms with van der Waals surface area (Å²) in [5.74, 6) is 1.79. The Bertz CT molecular complexity index is 633. The Kier molecular flexibility index (Phi) is 3.36. The van der Waals surface area contributed by atoms with Crippen molar-refractivity contribution in [1.29, 1.82) is 0 Å². The highest BCUT2D eigenvalue weighted by Crippen LogP contribution is 2.30. The second-order valence-electron chi connectivity index (χ2n) is 6.18. The van der Waals surface area contributed by atoms with E-state index in [9.17, 15) is 0 Å². The van der Waals surface area contributed by atoms with Gasteiger partial charge in [0.05, 0.1) is 13.7 Å². The summed E-state index contributed by atoms with van der Waals surface area (Å²) in [6, 6.07) is 9.59. The van der Waals surface area contributed by atoms with Crippen molar-refractivity contribution in [2.24, 2.45) is 0 Å². The lowest BCUT2D eigenvalue weighted by Gasteiger charge is -2.15. The molecule has 1 aromatic heterocycles. The lowest BCUT2D eigenvalue weighted by Crippen LogP contribution is -2.32. The maximum absolute atomic E-state index is 5.94. The van der Waals surface area contributed by atoms with Crippen molar-refractivity contribution in [1.82, 2.24) is 10.2 Å². The molecule has 0 spiro atoms. The van der Waals surface area contributed by atoms with Crippen LogP contribution in [-0.4, -0.2) is 37.2 Å². The number of hydrogen-bond donors (Lipinski definition) is 1. The molecule has 112 valence electrons. The topological polar surface area (TPSA) is 37.6 Å². The number of nitrogens with zero attached hydrogens (tertiary/aromatic N) is 1. The third-order valence-corrected chi connectivity index (χ3v) is 4.63. The molecule has 2 heterocycles. The average molecular weight is 286 g/mol. The van der Waals surface area contributed by atoms with Gasteiger partial charge in [0, 0.05) is 30.6 Å². The molecule has 2 aromatic rings. The van der Waals surface area contributed by atoms with E-state index in [1.807, 2.05) is 12.1 Å². The Morgan fingerprint density at radius 2 is 2.24 bits per heavy atom. The van der Waals surface area contributed by atoms with Crippen LogP contribution in [0, 0.1) is 0 Å². The zero-order valence-corrected chi connectivity index (χ0v) is 12.5. The fraction of sp³-hybridized carbons (Fsp3) is 0.529. The number of furan rings is 1. The van der Waals surface area contributed by atoms with Crippen LogP contribution < -0.4 is 10.1 Å². The SMILES string of the molecule is COc1cccc2cc(CNC3CCN(C4CC4)C3)oc12. The first-order chi connectivity index (χ1) is 10.3. The van der Waals surface area contributed by atoms with E-state index >= 15 is 0 Å². The molecule has 1 saturated carbocycles. The molecular weight excluding hydrogens is 264 g/mol. The molecule has 4 heteroatoms. The molecule has 0 amide bonds. The fourth-order valence-electron chi connectivity index (χ4n) is 3.31. The van der Waals surface area contributed by atoms with Gasteiger partial charge in [-0.2, -0.15) is 0 Å². The number of fused-ring (bicyclic) bond motifs is 1. The van der Waals surface area contributed by atoms with Crippen molar-refractivity contribution < 1.29 is 9.15 Å². The van der Waals surface area contributed by atoms with Crippen LogP contribution >= 0.6 is 0 Å². The first kappa shape index (κ1) is 13.2. The summed E-state index contributed by atoms with van der Waals surface area (Å²) < 4.78 is 11.3. The molecule has 1 aromatic carbocycles. The highest BCUT2D eigenvalue weighted by atomic mass is 16.5. The number of hydrogen-bond acceptors (Lipinski definition) is 4. The molecule has 0 bridgehead atoms. The van der Waals surface area contributed by atoms with E-state index in [4.69, 9.17) is 9.15 Å². The van der Waals surface area contributed by atoms with Crippen LogP contribution in [0.15, 0.2) is 28.7 Å². The predicted octanol–water partition coefficient (Wildman–Crippen LogP) is 2.77. The van der Waals surface area contributed by atoms with E-state index in [-0.39, 0.29) is 0 Å². The first-order valence-electron chi connectivity index (χ1n) is 7.86. The van der Waals surface area contributed by atoms with Crippen molar-refractivity contribution in [2.75, 3.05) is 20.2 Å². The zero-order chi connectivity index (χ0) is 14.2. The summed E-state index contributed by atoms with van der Waals surface area (Å²) in [5.41, 5.74) is 0.850. The maximum atomic E-state index is 5.94. The molecule has 1 N–H and O–H groups in total. The molecule has 1 aliphatic carbocycles. The number of likely N-dealkylation sites (tertiary alicyclic amines) is 1. The number of rotatable bonds is 5. The van der Waals surface area contributed by atoms with Crippen LogP contribution in [0.4, 0.5) is 0 Å². The van der Waals surface area contributed by atoms with Gasteiger partial charge in [-0.05, 0) is 31.4 Å². The highest BCUT2D eigenvalue weighted by molar-refractivity contribution is 5.83. The number of para-hydroxylation sites is 1. The smallest absolute Gasteiger partial charge is 0.176 e.